The van der Waals surface area contributed by atoms with Gasteiger partial charge in [0.2, 0.25) is 5.91 Å². The maximum absolute atomic E-state index is 13.4. The molecule has 2 aromatic carbocycles. The van der Waals surface area contributed by atoms with Crippen molar-refractivity contribution < 1.29 is 23.5 Å². The Morgan fingerprint density at radius 1 is 1.05 bits per heavy atom. The molecule has 0 aliphatic heterocycles. The lowest BCUT2D eigenvalue weighted by Crippen LogP contribution is -2.36. The largest absolute Gasteiger partial charge is 0.496 e. The molecule has 0 saturated carbocycles. The van der Waals surface area contributed by atoms with Gasteiger partial charge in [-0.3, -0.25) is 14.3 Å². The SMILES string of the molecule is COc1cccc(OC)c1-c1cc(C(=O)N[C@@H](C=C(C)C)CC(=O)Nc2ccc(F)cc2)nn1CC(C)C. The summed E-state index contributed by atoms with van der Waals surface area (Å²) in [6.07, 6.45) is 1.81. The number of aromatic nitrogens is 2. The van der Waals surface area contributed by atoms with Crippen molar-refractivity contribution in [2.45, 2.75) is 46.7 Å². The summed E-state index contributed by atoms with van der Waals surface area (Å²) in [6, 6.07) is 12.1. The van der Waals surface area contributed by atoms with Gasteiger partial charge in [-0.15, -0.1) is 0 Å². The summed E-state index contributed by atoms with van der Waals surface area (Å²) in [6.45, 7) is 8.48. The van der Waals surface area contributed by atoms with Crippen LogP contribution in [0.5, 0.6) is 11.5 Å². The molecule has 3 aromatic rings. The van der Waals surface area contributed by atoms with Gasteiger partial charge in [0.1, 0.15) is 17.3 Å². The molecule has 0 aliphatic carbocycles. The molecule has 0 spiro atoms. The van der Waals surface area contributed by atoms with E-state index in [0.29, 0.717) is 35.0 Å². The van der Waals surface area contributed by atoms with Gasteiger partial charge in [-0.25, -0.2) is 4.39 Å². The minimum absolute atomic E-state index is 0.00577. The van der Waals surface area contributed by atoms with Crippen LogP contribution in [0.2, 0.25) is 0 Å². The van der Waals surface area contributed by atoms with E-state index in [0.717, 1.165) is 5.57 Å². The van der Waals surface area contributed by atoms with E-state index < -0.39 is 11.9 Å². The molecule has 8 nitrogen and oxygen atoms in total. The number of benzene rings is 2. The first-order valence-electron chi connectivity index (χ1n) is 12.4. The highest BCUT2D eigenvalue weighted by atomic mass is 19.1. The van der Waals surface area contributed by atoms with Crippen LogP contribution in [0.1, 0.15) is 44.6 Å². The monoisotopic (exact) mass is 522 g/mol. The van der Waals surface area contributed by atoms with Crippen molar-refractivity contribution in [3.63, 3.8) is 0 Å². The van der Waals surface area contributed by atoms with Gasteiger partial charge in [0.15, 0.2) is 5.69 Å². The minimum atomic E-state index is -0.576. The van der Waals surface area contributed by atoms with Crippen molar-refractivity contribution >= 4 is 17.5 Å². The Morgan fingerprint density at radius 3 is 2.24 bits per heavy atom. The molecule has 2 N–H and O–H groups in total. The van der Waals surface area contributed by atoms with E-state index in [9.17, 15) is 14.0 Å². The Labute approximate surface area is 222 Å². The molecule has 3 rings (SSSR count). The van der Waals surface area contributed by atoms with Crippen molar-refractivity contribution in [1.29, 1.82) is 0 Å². The fourth-order valence-electron chi connectivity index (χ4n) is 4.06. The summed E-state index contributed by atoms with van der Waals surface area (Å²) >= 11 is 0. The molecule has 0 unspecified atom stereocenters. The Hall–Kier alpha value is -4.14. The number of methoxy groups -OCH3 is 2. The van der Waals surface area contributed by atoms with E-state index in [2.05, 4.69) is 29.6 Å². The number of carbonyl (C=O) groups excluding carboxylic acids is 2. The zero-order valence-corrected chi connectivity index (χ0v) is 22.7. The van der Waals surface area contributed by atoms with Gasteiger partial charge in [-0.05, 0) is 62.2 Å². The highest BCUT2D eigenvalue weighted by Crippen LogP contribution is 2.38. The predicted octanol–water partition coefficient (Wildman–Crippen LogP) is 5.46. The molecule has 0 aliphatic rings. The van der Waals surface area contributed by atoms with Crippen LogP contribution >= 0.6 is 0 Å². The summed E-state index contributed by atoms with van der Waals surface area (Å²) in [5.41, 5.74) is 3.01. The molecule has 1 aromatic heterocycles. The molecule has 202 valence electrons. The molecule has 2 amide bonds. The number of anilines is 1. The van der Waals surface area contributed by atoms with E-state index >= 15 is 0 Å². The number of rotatable bonds is 11. The molecular weight excluding hydrogens is 487 g/mol. The van der Waals surface area contributed by atoms with Gasteiger partial charge in [0.25, 0.3) is 5.91 Å². The Kier molecular flexibility index (Phi) is 9.65. The number of ether oxygens (including phenoxy) is 2. The second kappa shape index (κ2) is 12.9. The highest BCUT2D eigenvalue weighted by Gasteiger charge is 2.23. The normalized spacial score (nSPS) is 11.6. The van der Waals surface area contributed by atoms with Crippen molar-refractivity contribution in [2.75, 3.05) is 19.5 Å². The van der Waals surface area contributed by atoms with Gasteiger partial charge in [-0.2, -0.15) is 5.10 Å². The first kappa shape index (κ1) is 28.4. The van der Waals surface area contributed by atoms with E-state index in [1.165, 1.54) is 24.3 Å². The zero-order chi connectivity index (χ0) is 27.8. The van der Waals surface area contributed by atoms with Crippen LogP contribution in [-0.2, 0) is 11.3 Å². The molecule has 1 atom stereocenters. The smallest absolute Gasteiger partial charge is 0.272 e. The van der Waals surface area contributed by atoms with Crippen molar-refractivity contribution in [2.24, 2.45) is 5.92 Å². The number of hydrogen-bond donors (Lipinski definition) is 2. The first-order valence-corrected chi connectivity index (χ1v) is 12.4. The van der Waals surface area contributed by atoms with Crippen LogP contribution in [-0.4, -0.2) is 41.9 Å². The number of allylic oxidation sites excluding steroid dienone is 1. The average Bonchev–Trinajstić information content (AvgIpc) is 3.27. The maximum Gasteiger partial charge on any atom is 0.272 e. The number of carbonyl (C=O) groups is 2. The third-order valence-corrected chi connectivity index (χ3v) is 5.62. The highest BCUT2D eigenvalue weighted by molar-refractivity contribution is 5.96. The third kappa shape index (κ3) is 7.44. The lowest BCUT2D eigenvalue weighted by molar-refractivity contribution is -0.116. The van der Waals surface area contributed by atoms with E-state index in [1.54, 1.807) is 25.0 Å². The van der Waals surface area contributed by atoms with Crippen molar-refractivity contribution in [3.05, 3.63) is 71.7 Å². The van der Waals surface area contributed by atoms with E-state index in [1.807, 2.05) is 38.1 Å². The number of hydrogen-bond acceptors (Lipinski definition) is 5. The molecular formula is C29H35FN4O4. The fraction of sp³-hybridized carbons (Fsp3) is 0.345. The minimum Gasteiger partial charge on any atom is -0.496 e. The third-order valence-electron chi connectivity index (χ3n) is 5.62. The Bertz CT molecular complexity index is 1270. The van der Waals surface area contributed by atoms with Gasteiger partial charge in [0, 0.05) is 12.2 Å². The van der Waals surface area contributed by atoms with Crippen LogP contribution in [0.3, 0.4) is 0 Å². The van der Waals surface area contributed by atoms with Crippen LogP contribution in [0.25, 0.3) is 11.3 Å². The first-order chi connectivity index (χ1) is 18.1. The van der Waals surface area contributed by atoms with E-state index in [4.69, 9.17) is 9.47 Å². The van der Waals surface area contributed by atoms with Crippen molar-refractivity contribution in [3.8, 4) is 22.8 Å². The summed E-state index contributed by atoms with van der Waals surface area (Å²) < 4.78 is 26.1. The molecule has 0 fully saturated rings. The van der Waals surface area contributed by atoms with Crippen LogP contribution in [0.4, 0.5) is 10.1 Å². The summed E-state index contributed by atoms with van der Waals surface area (Å²) in [5.74, 6) is 0.338. The average molecular weight is 523 g/mol. The van der Waals surface area contributed by atoms with Gasteiger partial charge in [0.05, 0.1) is 37.9 Å². The second-order valence-electron chi connectivity index (χ2n) is 9.61. The Morgan fingerprint density at radius 2 is 1.68 bits per heavy atom. The predicted molar refractivity (Wildman–Crippen MR) is 146 cm³/mol. The molecule has 0 saturated heterocycles. The summed E-state index contributed by atoms with van der Waals surface area (Å²) in [5, 5.41) is 10.3. The van der Waals surface area contributed by atoms with E-state index in [-0.39, 0.29) is 29.8 Å². The number of nitrogens with zero attached hydrogens (tertiary/aromatic N) is 2. The summed E-state index contributed by atoms with van der Waals surface area (Å²) in [4.78, 5) is 26.0. The second-order valence-corrected chi connectivity index (χ2v) is 9.61. The zero-order valence-electron chi connectivity index (χ0n) is 22.7. The lowest BCUT2D eigenvalue weighted by atomic mass is 10.1. The van der Waals surface area contributed by atoms with Crippen LogP contribution in [0, 0.1) is 11.7 Å². The van der Waals surface area contributed by atoms with Gasteiger partial charge >= 0.3 is 0 Å². The number of amides is 2. The quantitative estimate of drug-likeness (QED) is 0.326. The lowest BCUT2D eigenvalue weighted by Gasteiger charge is -2.15. The topological polar surface area (TPSA) is 94.5 Å². The van der Waals surface area contributed by atoms with Crippen LogP contribution in [0.15, 0.2) is 60.2 Å². The molecule has 0 radical (unpaired) electrons. The maximum atomic E-state index is 13.4. The number of nitrogens with one attached hydrogen (secondary N) is 2. The standard InChI is InChI=1S/C29H35FN4O4/c1-18(2)14-22(15-27(35)31-21-12-10-20(30)11-13-21)32-29(36)23-16-24(34(33-23)17-19(3)4)28-25(37-5)8-7-9-26(28)38-6/h7-14,16,19,22H,15,17H2,1-6H3,(H,31,35)(H,32,36)/t22-/m0/s1. The molecule has 1 heterocycles. The fourth-order valence-corrected chi connectivity index (χ4v) is 4.06. The van der Waals surface area contributed by atoms with Crippen molar-refractivity contribution in [1.82, 2.24) is 15.1 Å². The van der Waals surface area contributed by atoms with Crippen LogP contribution < -0.4 is 20.1 Å². The van der Waals surface area contributed by atoms with Gasteiger partial charge in [-0.1, -0.05) is 31.6 Å². The molecule has 0 bridgehead atoms. The molecule has 38 heavy (non-hydrogen) atoms. The molecule has 9 heteroatoms. The number of halogens is 1. The van der Waals surface area contributed by atoms with Gasteiger partial charge < -0.3 is 20.1 Å². The summed E-state index contributed by atoms with van der Waals surface area (Å²) in [7, 11) is 3.16. The Balaban J connectivity index is 1.88.